The molecule has 5 nitrogen and oxygen atoms in total. The molecule has 0 radical (unpaired) electrons. The molecule has 0 unspecified atom stereocenters. The van der Waals surface area contributed by atoms with Crippen LogP contribution in [0.25, 0.3) is 11.3 Å². The molecule has 0 aliphatic heterocycles. The molecule has 2 aromatic carbocycles. The Labute approximate surface area is 175 Å². The Hall–Kier alpha value is -2.42. The molecule has 142 valence electrons. The zero-order chi connectivity index (χ0) is 18.4. The van der Waals surface area contributed by atoms with Crippen LogP contribution in [-0.2, 0) is 13.1 Å². The minimum atomic E-state index is -0.234. The molecule has 7 heteroatoms. The van der Waals surface area contributed by atoms with Gasteiger partial charge < -0.3 is 15.2 Å². The van der Waals surface area contributed by atoms with Gasteiger partial charge in [-0.3, -0.25) is 4.99 Å². The lowest BCUT2D eigenvalue weighted by Gasteiger charge is -2.21. The zero-order valence-corrected chi connectivity index (χ0v) is 17.6. The van der Waals surface area contributed by atoms with Gasteiger partial charge in [0.2, 0.25) is 0 Å². The number of H-pyrrole nitrogens is 1. The van der Waals surface area contributed by atoms with Crippen molar-refractivity contribution in [2.24, 2.45) is 4.99 Å². The predicted molar refractivity (Wildman–Crippen MR) is 118 cm³/mol. The normalized spacial score (nSPS) is 11.0. The second kappa shape index (κ2) is 10.1. The Balaban J connectivity index is 0.00000261. The van der Waals surface area contributed by atoms with E-state index in [1.807, 2.05) is 48.5 Å². The summed E-state index contributed by atoms with van der Waals surface area (Å²) in [7, 11) is 3.69. The summed E-state index contributed by atoms with van der Waals surface area (Å²) in [5, 5.41) is 3.28. The lowest BCUT2D eigenvalue weighted by molar-refractivity contribution is 0.464. The van der Waals surface area contributed by atoms with Gasteiger partial charge in [-0.05, 0) is 23.3 Å². The SMILES string of the molecule is CN=C(NCc1ccc(F)cc1)N(C)Cc1ncc(-c2ccccc2)[nH]1.I. The van der Waals surface area contributed by atoms with Crippen LogP contribution in [-0.4, -0.2) is 34.9 Å². The van der Waals surface area contributed by atoms with Gasteiger partial charge in [-0.25, -0.2) is 9.37 Å². The number of hydrogen-bond donors (Lipinski definition) is 2. The summed E-state index contributed by atoms with van der Waals surface area (Å²) in [6.07, 6.45) is 1.84. The van der Waals surface area contributed by atoms with Gasteiger partial charge in [0.15, 0.2) is 5.96 Å². The van der Waals surface area contributed by atoms with Crippen molar-refractivity contribution in [1.82, 2.24) is 20.2 Å². The maximum absolute atomic E-state index is 13.0. The molecule has 0 bridgehead atoms. The van der Waals surface area contributed by atoms with Crippen molar-refractivity contribution in [3.8, 4) is 11.3 Å². The van der Waals surface area contributed by atoms with Gasteiger partial charge in [-0.15, -0.1) is 24.0 Å². The molecular weight excluding hydrogens is 456 g/mol. The Morgan fingerprint density at radius 2 is 1.85 bits per heavy atom. The molecule has 3 rings (SSSR count). The number of aromatic amines is 1. The molecule has 1 aromatic heterocycles. The third-order valence-electron chi connectivity index (χ3n) is 4.04. The van der Waals surface area contributed by atoms with Gasteiger partial charge in [0.25, 0.3) is 0 Å². The first kappa shape index (κ1) is 20.9. The van der Waals surface area contributed by atoms with Crippen LogP contribution in [0, 0.1) is 5.82 Å². The molecule has 0 atom stereocenters. The van der Waals surface area contributed by atoms with Gasteiger partial charge >= 0.3 is 0 Å². The van der Waals surface area contributed by atoms with E-state index in [9.17, 15) is 4.39 Å². The van der Waals surface area contributed by atoms with E-state index >= 15 is 0 Å². The fraction of sp³-hybridized carbons (Fsp3) is 0.200. The van der Waals surface area contributed by atoms with E-state index < -0.39 is 0 Å². The molecule has 0 aliphatic rings. The van der Waals surface area contributed by atoms with E-state index in [0.29, 0.717) is 13.1 Å². The number of nitrogens with zero attached hydrogens (tertiary/aromatic N) is 3. The van der Waals surface area contributed by atoms with Crippen LogP contribution < -0.4 is 5.32 Å². The lowest BCUT2D eigenvalue weighted by atomic mass is 10.2. The van der Waals surface area contributed by atoms with Crippen LogP contribution in [0.4, 0.5) is 4.39 Å². The number of benzene rings is 2. The van der Waals surface area contributed by atoms with Gasteiger partial charge in [-0.2, -0.15) is 0 Å². The van der Waals surface area contributed by atoms with Crippen LogP contribution in [0.3, 0.4) is 0 Å². The molecular formula is C20H23FIN5. The average molecular weight is 479 g/mol. The number of halogens is 2. The molecule has 0 aliphatic carbocycles. The van der Waals surface area contributed by atoms with Crippen LogP contribution in [0.2, 0.25) is 0 Å². The van der Waals surface area contributed by atoms with Crippen molar-refractivity contribution in [1.29, 1.82) is 0 Å². The molecule has 27 heavy (non-hydrogen) atoms. The summed E-state index contributed by atoms with van der Waals surface area (Å²) in [6, 6.07) is 16.5. The second-order valence-electron chi connectivity index (χ2n) is 5.99. The van der Waals surface area contributed by atoms with E-state index in [0.717, 1.165) is 28.6 Å². The van der Waals surface area contributed by atoms with Gasteiger partial charge in [0, 0.05) is 20.6 Å². The highest BCUT2D eigenvalue weighted by molar-refractivity contribution is 14.0. The van der Waals surface area contributed by atoms with E-state index in [4.69, 9.17) is 0 Å². The van der Waals surface area contributed by atoms with Crippen LogP contribution in [0.5, 0.6) is 0 Å². The van der Waals surface area contributed by atoms with Crippen molar-refractivity contribution in [3.05, 3.63) is 78.0 Å². The molecule has 0 spiro atoms. The Morgan fingerprint density at radius 3 is 2.52 bits per heavy atom. The number of guanidine groups is 1. The first-order chi connectivity index (χ1) is 12.7. The minimum Gasteiger partial charge on any atom is -0.352 e. The van der Waals surface area contributed by atoms with Crippen LogP contribution >= 0.6 is 24.0 Å². The number of nitrogens with one attached hydrogen (secondary N) is 2. The van der Waals surface area contributed by atoms with Crippen molar-refractivity contribution in [3.63, 3.8) is 0 Å². The molecule has 0 saturated carbocycles. The number of hydrogen-bond acceptors (Lipinski definition) is 2. The van der Waals surface area contributed by atoms with E-state index in [2.05, 4.69) is 20.3 Å². The molecule has 0 saturated heterocycles. The maximum atomic E-state index is 13.0. The summed E-state index contributed by atoms with van der Waals surface area (Å²) in [5.41, 5.74) is 3.08. The maximum Gasteiger partial charge on any atom is 0.194 e. The molecule has 2 N–H and O–H groups in total. The summed E-state index contributed by atoms with van der Waals surface area (Å²) in [5.74, 6) is 1.37. The summed E-state index contributed by atoms with van der Waals surface area (Å²) in [6.45, 7) is 1.17. The molecule has 0 amide bonds. The quantitative estimate of drug-likeness (QED) is 0.330. The minimum absolute atomic E-state index is 0. The van der Waals surface area contributed by atoms with Crippen LogP contribution in [0.15, 0.2) is 65.8 Å². The van der Waals surface area contributed by atoms with Crippen molar-refractivity contribution in [2.45, 2.75) is 13.1 Å². The number of aromatic nitrogens is 2. The van der Waals surface area contributed by atoms with Crippen molar-refractivity contribution >= 4 is 29.9 Å². The Bertz CT molecular complexity index is 862. The van der Waals surface area contributed by atoms with E-state index in [-0.39, 0.29) is 29.8 Å². The van der Waals surface area contributed by atoms with E-state index in [1.54, 1.807) is 19.2 Å². The molecule has 1 heterocycles. The summed E-state index contributed by atoms with van der Waals surface area (Å²) in [4.78, 5) is 14.1. The van der Waals surface area contributed by atoms with E-state index in [1.165, 1.54) is 12.1 Å². The predicted octanol–water partition coefficient (Wildman–Crippen LogP) is 4.04. The number of imidazole rings is 1. The van der Waals surface area contributed by atoms with Crippen molar-refractivity contribution in [2.75, 3.05) is 14.1 Å². The largest absolute Gasteiger partial charge is 0.352 e. The topological polar surface area (TPSA) is 56.3 Å². The third-order valence-corrected chi connectivity index (χ3v) is 4.04. The van der Waals surface area contributed by atoms with Gasteiger partial charge in [-0.1, -0.05) is 42.5 Å². The average Bonchev–Trinajstić information content (AvgIpc) is 3.13. The number of rotatable bonds is 5. The second-order valence-corrected chi connectivity index (χ2v) is 5.99. The molecule has 3 aromatic rings. The fourth-order valence-electron chi connectivity index (χ4n) is 2.67. The number of aliphatic imine (C=N–C) groups is 1. The summed E-state index contributed by atoms with van der Waals surface area (Å²) < 4.78 is 13.0. The standard InChI is InChI=1S/C20H22FN5.HI/c1-22-20(24-12-15-8-10-17(21)11-9-15)26(2)14-19-23-13-18(25-19)16-6-4-3-5-7-16;/h3-11,13H,12,14H2,1-2H3,(H,22,24)(H,23,25);1H. The zero-order valence-electron chi connectivity index (χ0n) is 15.3. The highest BCUT2D eigenvalue weighted by atomic mass is 127. The smallest absolute Gasteiger partial charge is 0.194 e. The van der Waals surface area contributed by atoms with Gasteiger partial charge in [0.05, 0.1) is 18.4 Å². The highest BCUT2D eigenvalue weighted by Crippen LogP contribution is 2.16. The Kier molecular flexibility index (Phi) is 7.78. The summed E-state index contributed by atoms with van der Waals surface area (Å²) >= 11 is 0. The first-order valence-electron chi connectivity index (χ1n) is 8.41. The third kappa shape index (κ3) is 5.78. The first-order valence-corrected chi connectivity index (χ1v) is 8.41. The van der Waals surface area contributed by atoms with Crippen molar-refractivity contribution < 1.29 is 4.39 Å². The molecule has 0 fully saturated rings. The highest BCUT2D eigenvalue weighted by Gasteiger charge is 2.10. The monoisotopic (exact) mass is 479 g/mol. The van der Waals surface area contributed by atoms with Gasteiger partial charge in [0.1, 0.15) is 11.6 Å². The Morgan fingerprint density at radius 1 is 1.15 bits per heavy atom. The fourth-order valence-corrected chi connectivity index (χ4v) is 2.67. The lowest BCUT2D eigenvalue weighted by Crippen LogP contribution is -2.38. The van der Waals surface area contributed by atoms with Crippen LogP contribution in [0.1, 0.15) is 11.4 Å².